The molecule has 3 rings (SSSR count). The van der Waals surface area contributed by atoms with Crippen molar-refractivity contribution in [2.75, 3.05) is 0 Å². The fourth-order valence-corrected chi connectivity index (χ4v) is 2.57. The van der Waals surface area contributed by atoms with Gasteiger partial charge in [0.1, 0.15) is 17.4 Å². The van der Waals surface area contributed by atoms with E-state index in [2.05, 4.69) is 0 Å². The van der Waals surface area contributed by atoms with Gasteiger partial charge in [-0.1, -0.05) is 37.3 Å². The van der Waals surface area contributed by atoms with Crippen molar-refractivity contribution in [3.63, 3.8) is 0 Å². The Bertz CT molecular complexity index is 834. The first-order chi connectivity index (χ1) is 10.7. The van der Waals surface area contributed by atoms with Crippen molar-refractivity contribution in [1.82, 2.24) is 0 Å². The van der Waals surface area contributed by atoms with E-state index < -0.39 is 0 Å². The monoisotopic (exact) mass is 294 g/mol. The zero-order chi connectivity index (χ0) is 15.5. The van der Waals surface area contributed by atoms with Crippen LogP contribution in [0, 0.1) is 0 Å². The minimum atomic E-state index is -0.322. The molecule has 3 heteroatoms. The van der Waals surface area contributed by atoms with Crippen LogP contribution < -0.4 is 10.4 Å². The summed E-state index contributed by atoms with van der Waals surface area (Å²) in [6, 6.07) is 17.2. The number of aryl methyl sites for hydroxylation is 1. The smallest absolute Gasteiger partial charge is 0.336 e. The third kappa shape index (κ3) is 2.89. The molecule has 0 aliphatic heterocycles. The topological polar surface area (TPSA) is 39.4 Å². The number of hydrogen-bond acceptors (Lipinski definition) is 3. The lowest BCUT2D eigenvalue weighted by atomic mass is 10.1. The van der Waals surface area contributed by atoms with Gasteiger partial charge in [0.15, 0.2) is 0 Å². The summed E-state index contributed by atoms with van der Waals surface area (Å²) in [5, 5.41) is 0.960. The van der Waals surface area contributed by atoms with Crippen molar-refractivity contribution < 1.29 is 9.15 Å². The minimum Gasteiger partial charge on any atom is -0.486 e. The van der Waals surface area contributed by atoms with Gasteiger partial charge in [-0.3, -0.25) is 0 Å². The largest absolute Gasteiger partial charge is 0.486 e. The Hall–Kier alpha value is -2.55. The van der Waals surface area contributed by atoms with Crippen molar-refractivity contribution in [3.05, 3.63) is 76.1 Å². The Kier molecular flexibility index (Phi) is 3.96. The molecule has 0 saturated carbocycles. The zero-order valence-electron chi connectivity index (χ0n) is 12.7. The summed E-state index contributed by atoms with van der Waals surface area (Å²) in [5.74, 6) is 0.695. The highest BCUT2D eigenvalue weighted by atomic mass is 16.5. The molecule has 0 unspecified atom stereocenters. The van der Waals surface area contributed by atoms with E-state index in [9.17, 15) is 4.79 Å². The van der Waals surface area contributed by atoms with E-state index in [1.165, 1.54) is 0 Å². The minimum absolute atomic E-state index is 0.0697. The highest BCUT2D eigenvalue weighted by molar-refractivity contribution is 5.81. The molecule has 2 aromatic carbocycles. The molecule has 0 radical (unpaired) electrons. The lowest BCUT2D eigenvalue weighted by molar-refractivity contribution is 0.227. The molecule has 0 fully saturated rings. The van der Waals surface area contributed by atoms with Crippen LogP contribution in [0.3, 0.4) is 0 Å². The van der Waals surface area contributed by atoms with E-state index in [0.717, 1.165) is 22.9 Å². The zero-order valence-corrected chi connectivity index (χ0v) is 12.7. The molecule has 0 N–H and O–H groups in total. The summed E-state index contributed by atoms with van der Waals surface area (Å²) in [7, 11) is 0. The molecule has 3 nitrogen and oxygen atoms in total. The lowest BCUT2D eigenvalue weighted by Gasteiger charge is -2.15. The normalized spacial score (nSPS) is 12.3. The second-order valence-electron chi connectivity index (χ2n) is 5.27. The molecule has 1 atom stereocenters. The summed E-state index contributed by atoms with van der Waals surface area (Å²) in [4.78, 5) is 11.6. The van der Waals surface area contributed by atoms with Crippen molar-refractivity contribution in [2.45, 2.75) is 26.4 Å². The molecule has 112 valence electrons. The van der Waals surface area contributed by atoms with Crippen molar-refractivity contribution in [3.8, 4) is 5.75 Å². The van der Waals surface area contributed by atoms with Crippen LogP contribution in [-0.4, -0.2) is 0 Å². The molecule has 0 spiro atoms. The SMILES string of the molecule is CCc1cc(=O)oc2cc(O[C@@H](C)c3ccccc3)ccc12. The molecule has 0 amide bonds. The Morgan fingerprint density at radius 1 is 1.09 bits per heavy atom. The van der Waals surface area contributed by atoms with Crippen LogP contribution in [0.1, 0.15) is 31.1 Å². The van der Waals surface area contributed by atoms with E-state index in [-0.39, 0.29) is 11.7 Å². The second kappa shape index (κ2) is 6.06. The fourth-order valence-electron chi connectivity index (χ4n) is 2.57. The molecule has 22 heavy (non-hydrogen) atoms. The standard InChI is InChI=1S/C19H18O3/c1-3-14-11-19(20)22-18-12-16(9-10-17(14)18)21-13(2)15-7-5-4-6-8-15/h4-13H,3H2,1-2H3/t13-/m0/s1. The van der Waals surface area contributed by atoms with Gasteiger partial charge in [-0.25, -0.2) is 4.79 Å². The van der Waals surface area contributed by atoms with Gasteiger partial charge in [-0.2, -0.15) is 0 Å². The van der Waals surface area contributed by atoms with E-state index in [1.807, 2.05) is 56.3 Å². The van der Waals surface area contributed by atoms with Crippen molar-refractivity contribution >= 4 is 11.0 Å². The summed E-state index contributed by atoms with van der Waals surface area (Å²) < 4.78 is 11.3. The Morgan fingerprint density at radius 2 is 1.86 bits per heavy atom. The van der Waals surface area contributed by atoms with Crippen LogP contribution in [-0.2, 0) is 6.42 Å². The van der Waals surface area contributed by atoms with Crippen molar-refractivity contribution in [1.29, 1.82) is 0 Å². The number of benzene rings is 2. The molecule has 0 aliphatic carbocycles. The maximum Gasteiger partial charge on any atom is 0.336 e. The van der Waals surface area contributed by atoms with E-state index in [0.29, 0.717) is 11.3 Å². The summed E-state index contributed by atoms with van der Waals surface area (Å²) in [6.07, 6.45) is 0.725. The number of fused-ring (bicyclic) bond motifs is 1. The van der Waals surface area contributed by atoms with Crippen LogP contribution in [0.5, 0.6) is 5.75 Å². The van der Waals surface area contributed by atoms with Gasteiger partial charge in [-0.15, -0.1) is 0 Å². The highest BCUT2D eigenvalue weighted by Gasteiger charge is 2.09. The van der Waals surface area contributed by atoms with Crippen molar-refractivity contribution in [2.24, 2.45) is 0 Å². The van der Waals surface area contributed by atoms with Crippen LogP contribution in [0.15, 0.2) is 63.8 Å². The van der Waals surface area contributed by atoms with Crippen LogP contribution in [0.2, 0.25) is 0 Å². The summed E-state index contributed by atoms with van der Waals surface area (Å²) >= 11 is 0. The fraction of sp³-hybridized carbons (Fsp3) is 0.211. The van der Waals surface area contributed by atoms with Gasteiger partial charge in [0, 0.05) is 17.5 Å². The van der Waals surface area contributed by atoms with E-state index in [4.69, 9.17) is 9.15 Å². The molecule has 3 aromatic rings. The van der Waals surface area contributed by atoms with Gasteiger partial charge in [-0.05, 0) is 36.6 Å². The second-order valence-corrected chi connectivity index (χ2v) is 5.27. The molecule has 0 aliphatic rings. The molecular weight excluding hydrogens is 276 g/mol. The Morgan fingerprint density at radius 3 is 2.59 bits per heavy atom. The quantitative estimate of drug-likeness (QED) is 0.665. The van der Waals surface area contributed by atoms with Crippen LogP contribution in [0.25, 0.3) is 11.0 Å². The summed E-state index contributed by atoms with van der Waals surface area (Å²) in [6.45, 7) is 4.02. The Labute approximate surface area is 129 Å². The van der Waals surface area contributed by atoms with Crippen LogP contribution in [0.4, 0.5) is 0 Å². The molecular formula is C19H18O3. The predicted molar refractivity (Wildman–Crippen MR) is 87.3 cm³/mol. The first-order valence-electron chi connectivity index (χ1n) is 7.45. The maximum atomic E-state index is 11.6. The molecule has 0 saturated heterocycles. The summed E-state index contributed by atoms with van der Waals surface area (Å²) in [5.41, 5.74) is 2.35. The predicted octanol–water partition coefficient (Wildman–Crippen LogP) is 4.50. The highest BCUT2D eigenvalue weighted by Crippen LogP contribution is 2.26. The average Bonchev–Trinajstić information content (AvgIpc) is 2.54. The van der Waals surface area contributed by atoms with Gasteiger partial charge >= 0.3 is 5.63 Å². The first kappa shape index (κ1) is 14.4. The van der Waals surface area contributed by atoms with E-state index >= 15 is 0 Å². The van der Waals surface area contributed by atoms with Crippen LogP contribution >= 0.6 is 0 Å². The Balaban J connectivity index is 1.94. The van der Waals surface area contributed by atoms with Gasteiger partial charge in [0.05, 0.1) is 0 Å². The molecule has 1 aromatic heterocycles. The van der Waals surface area contributed by atoms with Gasteiger partial charge in [0.2, 0.25) is 0 Å². The maximum absolute atomic E-state index is 11.6. The number of hydrogen-bond donors (Lipinski definition) is 0. The number of ether oxygens (including phenoxy) is 1. The van der Waals surface area contributed by atoms with Gasteiger partial charge in [0.25, 0.3) is 0 Å². The average molecular weight is 294 g/mol. The van der Waals surface area contributed by atoms with Gasteiger partial charge < -0.3 is 9.15 Å². The lowest BCUT2D eigenvalue weighted by Crippen LogP contribution is -2.03. The first-order valence-corrected chi connectivity index (χ1v) is 7.45. The third-order valence-corrected chi connectivity index (χ3v) is 3.76. The number of rotatable bonds is 4. The molecule has 1 heterocycles. The van der Waals surface area contributed by atoms with E-state index in [1.54, 1.807) is 12.1 Å². The molecule has 0 bridgehead atoms. The third-order valence-electron chi connectivity index (χ3n) is 3.76.